The Morgan fingerprint density at radius 3 is 2.37 bits per heavy atom. The number of carbonyl (C=O) groups is 2. The lowest BCUT2D eigenvalue weighted by atomic mass is 10.2. The van der Waals surface area contributed by atoms with Crippen LogP contribution in [0.3, 0.4) is 0 Å². The number of nitrogens with one attached hydrogen (secondary N) is 1. The van der Waals surface area contributed by atoms with Crippen LogP contribution in [-0.2, 0) is 9.59 Å². The smallest absolute Gasteiger partial charge is 0.328 e. The number of aliphatic carboxylic acids is 1. The van der Waals surface area contributed by atoms with Gasteiger partial charge in [-0.25, -0.2) is 4.79 Å². The summed E-state index contributed by atoms with van der Waals surface area (Å²) >= 11 is 1.32. The minimum atomic E-state index is -1.27. The maximum absolute atomic E-state index is 11.6. The highest BCUT2D eigenvalue weighted by Gasteiger charge is 2.24. The number of rotatable bonds is 6. The highest BCUT2D eigenvalue weighted by atomic mass is 32.2. The normalized spacial score (nSPS) is 13.6. The molecule has 0 aliphatic rings. The number of aliphatic hydroxyl groups is 1. The molecular formula is C13H17NO4S. The molecule has 0 spiro atoms. The Labute approximate surface area is 116 Å². The number of benzene rings is 1. The van der Waals surface area contributed by atoms with Gasteiger partial charge >= 0.3 is 5.97 Å². The Balaban J connectivity index is 2.47. The molecule has 0 aliphatic carbocycles. The molecule has 19 heavy (non-hydrogen) atoms. The van der Waals surface area contributed by atoms with Crippen LogP contribution in [0.2, 0.25) is 0 Å². The molecule has 0 unspecified atom stereocenters. The van der Waals surface area contributed by atoms with Crippen molar-refractivity contribution in [2.45, 2.75) is 30.9 Å². The van der Waals surface area contributed by atoms with Gasteiger partial charge in [0, 0.05) is 4.90 Å². The third-order valence-electron chi connectivity index (χ3n) is 2.46. The van der Waals surface area contributed by atoms with Crippen LogP contribution in [0.15, 0.2) is 29.2 Å². The highest BCUT2D eigenvalue weighted by molar-refractivity contribution is 8.00. The quantitative estimate of drug-likeness (QED) is 0.679. The zero-order valence-corrected chi connectivity index (χ0v) is 11.6. The molecule has 1 rings (SSSR count). The number of aryl methyl sites for hydroxylation is 1. The number of carboxylic acids is 1. The first-order valence-corrected chi connectivity index (χ1v) is 6.78. The molecule has 0 radical (unpaired) electrons. The Morgan fingerprint density at radius 1 is 1.32 bits per heavy atom. The molecule has 0 aliphatic heterocycles. The molecule has 1 aromatic carbocycles. The molecule has 0 saturated carbocycles. The molecule has 104 valence electrons. The lowest BCUT2D eigenvalue weighted by Gasteiger charge is -2.16. The molecule has 5 nitrogen and oxygen atoms in total. The standard InChI is InChI=1S/C13H17NO4S/c1-8-3-5-10(6-4-8)19-7-11(16)14-12(9(2)15)13(17)18/h3-6,9,12,15H,7H2,1-2H3,(H,14,16)(H,17,18)/t9-,12+/m1/s1. The fourth-order valence-corrected chi connectivity index (χ4v) is 2.10. The summed E-state index contributed by atoms with van der Waals surface area (Å²) in [6, 6.07) is 6.41. The van der Waals surface area contributed by atoms with E-state index in [0.29, 0.717) is 0 Å². The van der Waals surface area contributed by atoms with Gasteiger partial charge in [-0.3, -0.25) is 4.79 Å². The van der Waals surface area contributed by atoms with Crippen molar-refractivity contribution in [3.8, 4) is 0 Å². The first-order chi connectivity index (χ1) is 8.90. The zero-order chi connectivity index (χ0) is 14.4. The maximum atomic E-state index is 11.6. The number of hydrogen-bond donors (Lipinski definition) is 3. The summed E-state index contributed by atoms with van der Waals surface area (Å²) in [6.45, 7) is 3.30. The Morgan fingerprint density at radius 2 is 1.89 bits per heavy atom. The summed E-state index contributed by atoms with van der Waals surface area (Å²) in [6.07, 6.45) is -1.13. The van der Waals surface area contributed by atoms with E-state index in [1.807, 2.05) is 31.2 Å². The third-order valence-corrected chi connectivity index (χ3v) is 3.47. The summed E-state index contributed by atoms with van der Waals surface area (Å²) < 4.78 is 0. The van der Waals surface area contributed by atoms with Crippen LogP contribution in [0, 0.1) is 6.92 Å². The SMILES string of the molecule is Cc1ccc(SCC(=O)N[C@H](C(=O)O)[C@@H](C)O)cc1. The first kappa shape index (κ1) is 15.5. The lowest BCUT2D eigenvalue weighted by molar-refractivity contribution is -0.144. The third kappa shape index (κ3) is 5.32. The number of hydrogen-bond acceptors (Lipinski definition) is 4. The van der Waals surface area contributed by atoms with Gasteiger partial charge in [0.05, 0.1) is 11.9 Å². The lowest BCUT2D eigenvalue weighted by Crippen LogP contribution is -2.48. The van der Waals surface area contributed by atoms with Crippen molar-refractivity contribution in [2.24, 2.45) is 0 Å². The number of aliphatic hydroxyl groups excluding tert-OH is 1. The number of carboxylic acid groups (broad SMARTS) is 1. The summed E-state index contributed by atoms with van der Waals surface area (Å²) in [5.74, 6) is -1.55. The first-order valence-electron chi connectivity index (χ1n) is 5.80. The molecule has 0 fully saturated rings. The Kier molecular flexibility index (Phi) is 5.85. The van der Waals surface area contributed by atoms with E-state index in [9.17, 15) is 14.7 Å². The Bertz CT molecular complexity index is 444. The van der Waals surface area contributed by atoms with Crippen molar-refractivity contribution in [3.05, 3.63) is 29.8 Å². The van der Waals surface area contributed by atoms with Crippen LogP contribution >= 0.6 is 11.8 Å². The topological polar surface area (TPSA) is 86.6 Å². The van der Waals surface area contributed by atoms with Gasteiger partial charge in [-0.15, -0.1) is 11.8 Å². The van der Waals surface area contributed by atoms with E-state index in [1.165, 1.54) is 18.7 Å². The van der Waals surface area contributed by atoms with Gasteiger partial charge in [0.15, 0.2) is 6.04 Å². The fraction of sp³-hybridized carbons (Fsp3) is 0.385. The molecule has 0 aromatic heterocycles. The van der Waals surface area contributed by atoms with E-state index in [4.69, 9.17) is 5.11 Å². The Hall–Kier alpha value is -1.53. The molecule has 0 bridgehead atoms. The molecule has 1 amide bonds. The summed E-state index contributed by atoms with van der Waals surface area (Å²) in [4.78, 5) is 23.3. The monoisotopic (exact) mass is 283 g/mol. The summed E-state index contributed by atoms with van der Waals surface area (Å²) in [7, 11) is 0. The van der Waals surface area contributed by atoms with Crippen molar-refractivity contribution in [2.75, 3.05) is 5.75 Å². The van der Waals surface area contributed by atoms with E-state index in [-0.39, 0.29) is 5.75 Å². The van der Waals surface area contributed by atoms with Crippen molar-refractivity contribution >= 4 is 23.6 Å². The van der Waals surface area contributed by atoms with Crippen molar-refractivity contribution in [1.82, 2.24) is 5.32 Å². The van der Waals surface area contributed by atoms with Crippen LogP contribution in [0.25, 0.3) is 0 Å². The zero-order valence-electron chi connectivity index (χ0n) is 10.8. The molecule has 6 heteroatoms. The van der Waals surface area contributed by atoms with Gasteiger partial charge in [0.1, 0.15) is 0 Å². The van der Waals surface area contributed by atoms with E-state index >= 15 is 0 Å². The van der Waals surface area contributed by atoms with Crippen LogP contribution in [0.1, 0.15) is 12.5 Å². The number of carbonyl (C=O) groups excluding carboxylic acids is 1. The summed E-state index contributed by atoms with van der Waals surface area (Å²) in [5, 5.41) is 20.4. The minimum absolute atomic E-state index is 0.111. The maximum Gasteiger partial charge on any atom is 0.328 e. The second-order valence-corrected chi connectivity index (χ2v) is 5.27. The predicted octanol–water partition coefficient (Wildman–Crippen LogP) is 1.04. The van der Waals surface area contributed by atoms with Gasteiger partial charge in [-0.2, -0.15) is 0 Å². The van der Waals surface area contributed by atoms with Crippen LogP contribution in [-0.4, -0.2) is 40.0 Å². The van der Waals surface area contributed by atoms with Gasteiger partial charge in [-0.1, -0.05) is 17.7 Å². The fourth-order valence-electron chi connectivity index (χ4n) is 1.39. The van der Waals surface area contributed by atoms with E-state index < -0.39 is 24.0 Å². The van der Waals surface area contributed by atoms with Crippen molar-refractivity contribution in [1.29, 1.82) is 0 Å². The van der Waals surface area contributed by atoms with E-state index in [2.05, 4.69) is 5.32 Å². The second-order valence-electron chi connectivity index (χ2n) is 4.23. The minimum Gasteiger partial charge on any atom is -0.480 e. The van der Waals surface area contributed by atoms with E-state index in [1.54, 1.807) is 0 Å². The number of amides is 1. The van der Waals surface area contributed by atoms with Crippen LogP contribution < -0.4 is 5.32 Å². The molecular weight excluding hydrogens is 266 g/mol. The van der Waals surface area contributed by atoms with Gasteiger partial charge in [-0.05, 0) is 26.0 Å². The van der Waals surface area contributed by atoms with Gasteiger partial charge < -0.3 is 15.5 Å². The molecule has 2 atom stereocenters. The average Bonchev–Trinajstić information content (AvgIpc) is 2.34. The van der Waals surface area contributed by atoms with E-state index in [0.717, 1.165) is 10.5 Å². The average molecular weight is 283 g/mol. The van der Waals surface area contributed by atoms with Crippen LogP contribution in [0.5, 0.6) is 0 Å². The summed E-state index contributed by atoms with van der Waals surface area (Å²) in [5.41, 5.74) is 1.13. The molecule has 0 heterocycles. The van der Waals surface area contributed by atoms with Gasteiger partial charge in [0.25, 0.3) is 0 Å². The van der Waals surface area contributed by atoms with Crippen LogP contribution in [0.4, 0.5) is 0 Å². The molecule has 3 N–H and O–H groups in total. The van der Waals surface area contributed by atoms with Gasteiger partial charge in [0.2, 0.25) is 5.91 Å². The molecule has 1 aromatic rings. The predicted molar refractivity (Wildman–Crippen MR) is 73.2 cm³/mol. The van der Waals surface area contributed by atoms with Crippen molar-refractivity contribution < 1.29 is 19.8 Å². The van der Waals surface area contributed by atoms with Crippen molar-refractivity contribution in [3.63, 3.8) is 0 Å². The number of thioether (sulfide) groups is 1. The highest BCUT2D eigenvalue weighted by Crippen LogP contribution is 2.17. The second kappa shape index (κ2) is 7.16. The molecule has 0 saturated heterocycles. The largest absolute Gasteiger partial charge is 0.480 e.